The first-order valence-corrected chi connectivity index (χ1v) is 13.0. The van der Waals surface area contributed by atoms with Crippen LogP contribution in [0.15, 0.2) is 83.3 Å². The van der Waals surface area contributed by atoms with Crippen LogP contribution in [-0.4, -0.2) is 37.0 Å². The molecule has 0 bridgehead atoms. The lowest BCUT2D eigenvalue weighted by Gasteiger charge is -2.36. The summed E-state index contributed by atoms with van der Waals surface area (Å²) in [5.74, 6) is -0.161. The van der Waals surface area contributed by atoms with Crippen molar-refractivity contribution in [3.05, 3.63) is 105 Å². The highest BCUT2D eigenvalue weighted by atomic mass is 79.9. The van der Waals surface area contributed by atoms with Crippen molar-refractivity contribution in [3.63, 3.8) is 0 Å². The lowest BCUT2D eigenvalue weighted by molar-refractivity contribution is 0.102. The van der Waals surface area contributed by atoms with Crippen molar-refractivity contribution in [2.45, 2.75) is 6.54 Å². The van der Waals surface area contributed by atoms with Crippen LogP contribution in [0.25, 0.3) is 10.8 Å². The lowest BCUT2D eigenvalue weighted by atomic mass is 10.0. The second-order valence-electron chi connectivity index (χ2n) is 8.62. The SMILES string of the molecule is O=C(Nc1ccc(N2CCN(Cc3ccccc3Cl)CC2)c(Cl)c1)c1cccc2c(Br)cccc12. The molecular formula is C28H24BrCl2N3O. The van der Waals surface area contributed by atoms with E-state index in [0.29, 0.717) is 16.3 Å². The summed E-state index contributed by atoms with van der Waals surface area (Å²) >= 11 is 16.6. The van der Waals surface area contributed by atoms with Crippen molar-refractivity contribution >= 4 is 67.2 Å². The minimum absolute atomic E-state index is 0.161. The molecule has 0 aromatic heterocycles. The maximum atomic E-state index is 13.1. The molecular weight excluding hydrogens is 545 g/mol. The number of halogens is 3. The monoisotopic (exact) mass is 567 g/mol. The molecule has 1 amide bonds. The summed E-state index contributed by atoms with van der Waals surface area (Å²) in [5, 5.41) is 6.34. The first kappa shape index (κ1) is 24.1. The van der Waals surface area contributed by atoms with Gasteiger partial charge in [0.1, 0.15) is 0 Å². The number of piperazine rings is 1. The van der Waals surface area contributed by atoms with Crippen LogP contribution in [0.3, 0.4) is 0 Å². The Morgan fingerprint density at radius 1 is 0.829 bits per heavy atom. The van der Waals surface area contributed by atoms with Crippen LogP contribution in [-0.2, 0) is 6.54 Å². The van der Waals surface area contributed by atoms with E-state index in [1.807, 2.05) is 72.8 Å². The van der Waals surface area contributed by atoms with Crippen LogP contribution in [0, 0.1) is 0 Å². The minimum Gasteiger partial charge on any atom is -0.368 e. The Labute approximate surface area is 223 Å². The van der Waals surface area contributed by atoms with Crippen LogP contribution in [0.1, 0.15) is 15.9 Å². The van der Waals surface area contributed by atoms with Gasteiger partial charge in [0.25, 0.3) is 5.91 Å². The van der Waals surface area contributed by atoms with Gasteiger partial charge in [0.05, 0.1) is 10.7 Å². The maximum absolute atomic E-state index is 13.1. The molecule has 1 aliphatic heterocycles. The van der Waals surface area contributed by atoms with Gasteiger partial charge in [-0.1, -0.05) is 81.6 Å². The third-order valence-corrected chi connectivity index (χ3v) is 7.75. The van der Waals surface area contributed by atoms with Gasteiger partial charge < -0.3 is 10.2 Å². The Bertz CT molecular complexity index is 1390. The van der Waals surface area contributed by atoms with E-state index < -0.39 is 0 Å². The molecule has 0 radical (unpaired) electrons. The average molecular weight is 569 g/mol. The van der Waals surface area contributed by atoms with E-state index in [9.17, 15) is 4.79 Å². The summed E-state index contributed by atoms with van der Waals surface area (Å²) in [6, 6.07) is 25.3. The first-order valence-electron chi connectivity index (χ1n) is 11.5. The fraction of sp³-hybridized carbons (Fsp3) is 0.179. The van der Waals surface area contributed by atoms with Crippen molar-refractivity contribution in [2.24, 2.45) is 0 Å². The van der Waals surface area contributed by atoms with Crippen LogP contribution in [0.2, 0.25) is 10.0 Å². The summed E-state index contributed by atoms with van der Waals surface area (Å²) in [7, 11) is 0. The fourth-order valence-electron chi connectivity index (χ4n) is 4.52. The smallest absolute Gasteiger partial charge is 0.256 e. The van der Waals surface area contributed by atoms with E-state index in [1.54, 1.807) is 0 Å². The number of carbonyl (C=O) groups excluding carboxylic acids is 1. The van der Waals surface area contributed by atoms with E-state index >= 15 is 0 Å². The predicted octanol–water partition coefficient (Wildman–Crippen LogP) is 7.48. The number of nitrogens with zero attached hydrogens (tertiary/aromatic N) is 2. The molecule has 1 fully saturated rings. The lowest BCUT2D eigenvalue weighted by Crippen LogP contribution is -2.46. The largest absolute Gasteiger partial charge is 0.368 e. The van der Waals surface area contributed by atoms with Gasteiger partial charge in [-0.25, -0.2) is 0 Å². The number of nitrogens with one attached hydrogen (secondary N) is 1. The second-order valence-corrected chi connectivity index (χ2v) is 10.3. The van der Waals surface area contributed by atoms with Crippen molar-refractivity contribution in [2.75, 3.05) is 36.4 Å². The van der Waals surface area contributed by atoms with E-state index in [2.05, 4.69) is 37.1 Å². The van der Waals surface area contributed by atoms with Crippen LogP contribution in [0.5, 0.6) is 0 Å². The molecule has 5 rings (SSSR count). The molecule has 0 atom stereocenters. The van der Waals surface area contributed by atoms with Gasteiger partial charge in [0.15, 0.2) is 0 Å². The Morgan fingerprint density at radius 3 is 2.34 bits per heavy atom. The topological polar surface area (TPSA) is 35.6 Å². The van der Waals surface area contributed by atoms with E-state index in [1.165, 1.54) is 0 Å². The number of benzene rings is 4. The Balaban J connectivity index is 1.25. The van der Waals surface area contributed by atoms with Crippen molar-refractivity contribution in [3.8, 4) is 0 Å². The number of rotatable bonds is 5. The highest BCUT2D eigenvalue weighted by Gasteiger charge is 2.20. The zero-order valence-corrected chi connectivity index (χ0v) is 22.1. The molecule has 178 valence electrons. The van der Waals surface area contributed by atoms with Crippen molar-refractivity contribution in [1.29, 1.82) is 0 Å². The van der Waals surface area contributed by atoms with Gasteiger partial charge in [-0.15, -0.1) is 0 Å². The number of hydrogen-bond acceptors (Lipinski definition) is 3. The van der Waals surface area contributed by atoms with Crippen molar-refractivity contribution < 1.29 is 4.79 Å². The summed E-state index contributed by atoms with van der Waals surface area (Å²) in [6.07, 6.45) is 0. The standard InChI is InChI=1S/C28H24BrCl2N3O/c29-24-9-4-6-21-22(24)7-3-8-23(21)28(35)32-20-11-12-27(26(31)17-20)34-15-13-33(14-16-34)18-19-5-1-2-10-25(19)30/h1-12,17H,13-16,18H2,(H,32,35). The molecule has 1 aliphatic rings. The average Bonchev–Trinajstić information content (AvgIpc) is 2.86. The zero-order valence-electron chi connectivity index (χ0n) is 19.0. The Morgan fingerprint density at radius 2 is 1.57 bits per heavy atom. The Hall–Kier alpha value is -2.57. The van der Waals surface area contributed by atoms with Crippen LogP contribution >= 0.6 is 39.1 Å². The quantitative estimate of drug-likeness (QED) is 0.271. The van der Waals surface area contributed by atoms with Crippen LogP contribution in [0.4, 0.5) is 11.4 Å². The third-order valence-electron chi connectivity index (χ3n) is 6.38. The molecule has 0 unspecified atom stereocenters. The van der Waals surface area contributed by atoms with E-state index in [-0.39, 0.29) is 5.91 Å². The van der Waals surface area contributed by atoms with Gasteiger partial charge in [-0.2, -0.15) is 0 Å². The third kappa shape index (κ3) is 5.34. The molecule has 1 saturated heterocycles. The number of fused-ring (bicyclic) bond motifs is 1. The fourth-order valence-corrected chi connectivity index (χ4v) is 5.52. The predicted molar refractivity (Wildman–Crippen MR) is 150 cm³/mol. The van der Waals surface area contributed by atoms with E-state index in [4.69, 9.17) is 23.2 Å². The van der Waals surface area contributed by atoms with Gasteiger partial charge in [0.2, 0.25) is 0 Å². The van der Waals surface area contributed by atoms with Gasteiger partial charge in [0, 0.05) is 53.5 Å². The highest BCUT2D eigenvalue weighted by Crippen LogP contribution is 2.31. The van der Waals surface area contributed by atoms with Gasteiger partial charge >= 0.3 is 0 Å². The second kappa shape index (κ2) is 10.6. The number of hydrogen-bond donors (Lipinski definition) is 1. The summed E-state index contributed by atoms with van der Waals surface area (Å²) in [4.78, 5) is 17.7. The number of anilines is 2. The van der Waals surface area contributed by atoms with Gasteiger partial charge in [-0.05, 0) is 52.7 Å². The molecule has 1 heterocycles. The Kier molecular flexibility index (Phi) is 7.30. The van der Waals surface area contributed by atoms with Gasteiger partial charge in [-0.3, -0.25) is 9.69 Å². The molecule has 35 heavy (non-hydrogen) atoms. The molecule has 0 saturated carbocycles. The van der Waals surface area contributed by atoms with Crippen molar-refractivity contribution in [1.82, 2.24) is 4.90 Å². The molecule has 4 nitrogen and oxygen atoms in total. The van der Waals surface area contributed by atoms with Crippen LogP contribution < -0.4 is 10.2 Å². The summed E-state index contributed by atoms with van der Waals surface area (Å²) < 4.78 is 0.962. The number of carbonyl (C=O) groups is 1. The zero-order chi connectivity index (χ0) is 24.4. The first-order chi connectivity index (χ1) is 17.0. The summed E-state index contributed by atoms with van der Waals surface area (Å²) in [5.41, 5.74) is 3.43. The normalized spacial score (nSPS) is 14.3. The minimum atomic E-state index is -0.161. The number of amides is 1. The molecule has 0 spiro atoms. The molecule has 4 aromatic carbocycles. The maximum Gasteiger partial charge on any atom is 0.256 e. The summed E-state index contributed by atoms with van der Waals surface area (Å²) in [6.45, 7) is 4.45. The molecule has 1 N–H and O–H groups in total. The molecule has 0 aliphatic carbocycles. The molecule has 7 heteroatoms. The highest BCUT2D eigenvalue weighted by molar-refractivity contribution is 9.10. The van der Waals surface area contributed by atoms with E-state index in [0.717, 1.165) is 64.2 Å². The molecule has 4 aromatic rings.